The van der Waals surface area contributed by atoms with Gasteiger partial charge in [-0.2, -0.15) is 0 Å². The van der Waals surface area contributed by atoms with Crippen molar-refractivity contribution in [2.24, 2.45) is 0 Å². The lowest BCUT2D eigenvalue weighted by Crippen LogP contribution is -2.06. The second-order valence-electron chi connectivity index (χ2n) is 6.81. The van der Waals surface area contributed by atoms with Gasteiger partial charge in [0.2, 0.25) is 0 Å². The van der Waals surface area contributed by atoms with Gasteiger partial charge in [-0.15, -0.1) is 0 Å². The summed E-state index contributed by atoms with van der Waals surface area (Å²) in [6, 6.07) is 0. The number of nitrogens with two attached hydrogens (primary N) is 1. The molecule has 2 heterocycles. The summed E-state index contributed by atoms with van der Waals surface area (Å²) in [6.45, 7) is 14.1. The third-order valence-corrected chi connectivity index (χ3v) is 5.23. The number of pyridine rings is 1. The summed E-state index contributed by atoms with van der Waals surface area (Å²) in [5, 5.41) is 1.17. The van der Waals surface area contributed by atoms with Gasteiger partial charge in [-0.1, -0.05) is 38.8 Å². The molecule has 0 radical (unpaired) electrons. The lowest BCUT2D eigenvalue weighted by molar-refractivity contribution is 0.701. The number of hydrogen-bond donors (Lipinski definition) is 1. The number of anilines is 1. The monoisotopic (exact) mass is 327 g/mol. The molecule has 0 unspecified atom stereocenters. The van der Waals surface area contributed by atoms with E-state index in [1.165, 1.54) is 33.5 Å². The fraction of sp³-hybridized carbons (Fsp3) is 0.571. The Morgan fingerprint density at radius 2 is 1.92 bits per heavy atom. The molecule has 0 aromatic carbocycles. The van der Waals surface area contributed by atoms with Crippen molar-refractivity contribution in [3.05, 3.63) is 34.2 Å². The number of rotatable bonds is 7. The van der Waals surface area contributed by atoms with E-state index in [0.29, 0.717) is 0 Å². The van der Waals surface area contributed by atoms with Gasteiger partial charge in [0.05, 0.1) is 0 Å². The maximum atomic E-state index is 6.58. The Hall–Kier alpha value is -1.77. The Balaban J connectivity index is 2.57. The minimum atomic E-state index is 0.950. The van der Waals surface area contributed by atoms with E-state index < -0.39 is 0 Å². The Bertz CT molecular complexity index is 751. The van der Waals surface area contributed by atoms with Gasteiger partial charge in [0, 0.05) is 29.0 Å². The quantitative estimate of drug-likeness (QED) is 0.683. The van der Waals surface area contributed by atoms with Crippen molar-refractivity contribution in [3.8, 4) is 0 Å². The van der Waals surface area contributed by atoms with Crippen molar-refractivity contribution in [2.75, 3.05) is 5.73 Å². The third kappa shape index (κ3) is 3.35. The van der Waals surface area contributed by atoms with Crippen LogP contribution in [0.2, 0.25) is 0 Å². The van der Waals surface area contributed by atoms with E-state index in [1.807, 2.05) is 0 Å². The molecule has 0 aliphatic heterocycles. The SMILES string of the molecule is CCCc1nc2c(c(C)c(C)n2CC/C=C(\C)CC)c(N)c1CC. The van der Waals surface area contributed by atoms with E-state index >= 15 is 0 Å². The van der Waals surface area contributed by atoms with Gasteiger partial charge >= 0.3 is 0 Å². The van der Waals surface area contributed by atoms with E-state index in [4.69, 9.17) is 10.7 Å². The molecular formula is C21H33N3. The molecule has 0 fully saturated rings. The molecule has 0 saturated carbocycles. The highest BCUT2D eigenvalue weighted by atomic mass is 15.1. The predicted molar refractivity (Wildman–Crippen MR) is 106 cm³/mol. The Kier molecular flexibility index (Phi) is 6.09. The molecule has 2 rings (SSSR count). The normalized spacial score (nSPS) is 12.3. The molecule has 3 nitrogen and oxygen atoms in total. The molecule has 2 aromatic heterocycles. The molecule has 0 aliphatic carbocycles. The van der Waals surface area contributed by atoms with E-state index in [0.717, 1.165) is 50.0 Å². The smallest absolute Gasteiger partial charge is 0.142 e. The first-order valence-electron chi connectivity index (χ1n) is 9.38. The molecule has 0 amide bonds. The highest BCUT2D eigenvalue weighted by Crippen LogP contribution is 2.33. The van der Waals surface area contributed by atoms with Gasteiger partial charge in [0.15, 0.2) is 0 Å². The first kappa shape index (κ1) is 18.6. The van der Waals surface area contributed by atoms with Crippen molar-refractivity contribution in [2.45, 2.75) is 80.2 Å². The summed E-state index contributed by atoms with van der Waals surface area (Å²) in [6.07, 6.45) is 7.56. The molecule has 0 atom stereocenters. The average Bonchev–Trinajstić information content (AvgIpc) is 2.80. The first-order valence-corrected chi connectivity index (χ1v) is 9.38. The van der Waals surface area contributed by atoms with Crippen molar-refractivity contribution >= 4 is 16.7 Å². The molecule has 24 heavy (non-hydrogen) atoms. The lowest BCUT2D eigenvalue weighted by Gasteiger charge is -2.13. The number of nitrogens with zero attached hydrogens (tertiary/aromatic N) is 2. The van der Waals surface area contributed by atoms with Crippen LogP contribution in [0, 0.1) is 13.8 Å². The topological polar surface area (TPSA) is 43.8 Å². The summed E-state index contributed by atoms with van der Waals surface area (Å²) in [4.78, 5) is 5.06. The second-order valence-corrected chi connectivity index (χ2v) is 6.81. The van der Waals surface area contributed by atoms with Gasteiger partial charge in [0.25, 0.3) is 0 Å². The van der Waals surface area contributed by atoms with Gasteiger partial charge < -0.3 is 10.3 Å². The number of nitrogen functional groups attached to an aromatic ring is 1. The van der Waals surface area contributed by atoms with E-state index in [9.17, 15) is 0 Å². The fourth-order valence-corrected chi connectivity index (χ4v) is 3.48. The van der Waals surface area contributed by atoms with Crippen LogP contribution in [0.4, 0.5) is 5.69 Å². The van der Waals surface area contributed by atoms with Gasteiger partial charge in [-0.05, 0) is 57.6 Å². The zero-order valence-corrected chi connectivity index (χ0v) is 16.3. The summed E-state index contributed by atoms with van der Waals surface area (Å²) >= 11 is 0. The molecule has 0 saturated heterocycles. The second kappa shape index (κ2) is 7.87. The minimum absolute atomic E-state index is 0.950. The molecule has 132 valence electrons. The zero-order valence-electron chi connectivity index (χ0n) is 16.3. The summed E-state index contributed by atoms with van der Waals surface area (Å²) < 4.78 is 2.36. The number of allylic oxidation sites excluding steroid dienone is 2. The van der Waals surface area contributed by atoms with Crippen molar-refractivity contribution in [1.82, 2.24) is 9.55 Å². The molecule has 0 bridgehead atoms. The number of aromatic nitrogens is 2. The van der Waals surface area contributed by atoms with Gasteiger partial charge in [-0.25, -0.2) is 4.98 Å². The van der Waals surface area contributed by atoms with E-state index in [2.05, 4.69) is 52.2 Å². The van der Waals surface area contributed by atoms with Gasteiger partial charge in [-0.3, -0.25) is 0 Å². The van der Waals surface area contributed by atoms with Crippen LogP contribution in [0.3, 0.4) is 0 Å². The fourth-order valence-electron chi connectivity index (χ4n) is 3.48. The molecule has 0 aliphatic rings. The van der Waals surface area contributed by atoms with Crippen molar-refractivity contribution in [3.63, 3.8) is 0 Å². The summed E-state index contributed by atoms with van der Waals surface area (Å²) in [5.74, 6) is 0. The highest BCUT2D eigenvalue weighted by molar-refractivity contribution is 5.95. The van der Waals surface area contributed by atoms with Crippen molar-refractivity contribution < 1.29 is 0 Å². The predicted octanol–water partition coefficient (Wildman–Crippen LogP) is 5.50. The van der Waals surface area contributed by atoms with Crippen LogP contribution in [-0.4, -0.2) is 9.55 Å². The Morgan fingerprint density at radius 1 is 1.21 bits per heavy atom. The zero-order chi connectivity index (χ0) is 17.9. The Morgan fingerprint density at radius 3 is 2.50 bits per heavy atom. The molecule has 3 heteroatoms. The van der Waals surface area contributed by atoms with Crippen molar-refractivity contribution in [1.29, 1.82) is 0 Å². The third-order valence-electron chi connectivity index (χ3n) is 5.23. The number of hydrogen-bond acceptors (Lipinski definition) is 2. The minimum Gasteiger partial charge on any atom is -0.398 e. The maximum absolute atomic E-state index is 6.58. The molecule has 0 spiro atoms. The van der Waals surface area contributed by atoms with Crippen LogP contribution in [0.25, 0.3) is 11.0 Å². The Labute approximate surface area is 147 Å². The average molecular weight is 328 g/mol. The van der Waals surface area contributed by atoms with Gasteiger partial charge in [0.1, 0.15) is 5.65 Å². The number of fused-ring (bicyclic) bond motifs is 1. The lowest BCUT2D eigenvalue weighted by atomic mass is 10.0. The molecule has 2 aromatic rings. The van der Waals surface area contributed by atoms with Crippen LogP contribution in [0.1, 0.15) is 69.5 Å². The highest BCUT2D eigenvalue weighted by Gasteiger charge is 2.19. The van der Waals surface area contributed by atoms with E-state index in [-0.39, 0.29) is 0 Å². The maximum Gasteiger partial charge on any atom is 0.142 e. The summed E-state index contributed by atoms with van der Waals surface area (Å²) in [5.41, 5.74) is 15.1. The first-order chi connectivity index (χ1) is 11.5. The van der Waals surface area contributed by atoms with Crippen LogP contribution in [0.15, 0.2) is 11.6 Å². The van der Waals surface area contributed by atoms with Crippen LogP contribution in [0.5, 0.6) is 0 Å². The van der Waals surface area contributed by atoms with Crippen LogP contribution < -0.4 is 5.73 Å². The largest absolute Gasteiger partial charge is 0.398 e. The standard InChI is InChI=1S/C21H33N3/c1-7-11-18-17(9-3)20(22)19-15(5)16(6)24(21(19)23-18)13-10-12-14(4)8-2/h12H,7-11,13H2,1-6H3,(H2,22,23)/b14-12+. The molecule has 2 N–H and O–H groups in total. The van der Waals surface area contributed by atoms with Crippen LogP contribution >= 0.6 is 0 Å². The summed E-state index contributed by atoms with van der Waals surface area (Å²) in [7, 11) is 0. The van der Waals surface area contributed by atoms with Crippen LogP contribution in [-0.2, 0) is 19.4 Å². The number of aryl methyl sites for hydroxylation is 3. The van der Waals surface area contributed by atoms with E-state index in [1.54, 1.807) is 0 Å². The molecular weight excluding hydrogens is 294 g/mol.